The predicted molar refractivity (Wildman–Crippen MR) is 56.7 cm³/mol. The first-order valence-electron chi connectivity index (χ1n) is 4.59. The number of aliphatic hydroxyl groups is 1. The van der Waals surface area contributed by atoms with Crippen molar-refractivity contribution in [2.75, 3.05) is 5.75 Å². The lowest BCUT2D eigenvalue weighted by Crippen LogP contribution is -2.41. The number of carboxylic acid groups (broad SMARTS) is 1. The van der Waals surface area contributed by atoms with Crippen LogP contribution in [0.5, 0.6) is 0 Å². The van der Waals surface area contributed by atoms with Crippen LogP contribution in [0, 0.1) is 5.82 Å². The Labute approximate surface area is 97.4 Å². The minimum atomic E-state index is -3.98. The van der Waals surface area contributed by atoms with Crippen LogP contribution >= 0.6 is 0 Å². The number of carbonyl (C=O) groups is 1. The normalized spacial score (nSPS) is 15.2. The highest BCUT2D eigenvalue weighted by Gasteiger charge is 2.36. The number of carboxylic acids is 1. The third-order valence-electron chi connectivity index (χ3n) is 2.10. The summed E-state index contributed by atoms with van der Waals surface area (Å²) in [5.74, 6) is -3.21. The largest absolute Gasteiger partial charge is 0.479 e. The van der Waals surface area contributed by atoms with Crippen LogP contribution in [0.15, 0.2) is 29.2 Å². The van der Waals surface area contributed by atoms with E-state index in [0.29, 0.717) is 0 Å². The molecule has 0 spiro atoms. The van der Waals surface area contributed by atoms with E-state index in [1.54, 1.807) is 0 Å². The maximum absolute atomic E-state index is 12.6. The molecule has 0 aliphatic carbocycles. The van der Waals surface area contributed by atoms with Crippen molar-refractivity contribution in [3.63, 3.8) is 0 Å². The highest BCUT2D eigenvalue weighted by molar-refractivity contribution is 7.91. The van der Waals surface area contributed by atoms with Crippen molar-refractivity contribution < 1.29 is 27.8 Å². The molecule has 0 fully saturated rings. The zero-order valence-electron chi connectivity index (χ0n) is 8.92. The van der Waals surface area contributed by atoms with E-state index >= 15 is 0 Å². The molecule has 1 aromatic rings. The second-order valence-electron chi connectivity index (χ2n) is 3.79. The zero-order chi connectivity index (χ0) is 13.3. The second-order valence-corrected chi connectivity index (χ2v) is 5.78. The third kappa shape index (κ3) is 3.24. The van der Waals surface area contributed by atoms with Crippen LogP contribution in [0.25, 0.3) is 0 Å². The van der Waals surface area contributed by atoms with Gasteiger partial charge in [0.05, 0.1) is 10.6 Å². The molecule has 2 N–H and O–H groups in total. The molecule has 1 aromatic carbocycles. The molecule has 0 amide bonds. The van der Waals surface area contributed by atoms with E-state index < -0.39 is 33.0 Å². The van der Waals surface area contributed by atoms with Crippen LogP contribution in [-0.4, -0.2) is 36.0 Å². The summed E-state index contributed by atoms with van der Waals surface area (Å²) in [4.78, 5) is 10.4. The standard InChI is InChI=1S/C10H11FO5S/c1-10(14,9(12)13)6-17(15,16)8-4-2-7(11)3-5-8/h2-5,14H,6H2,1H3,(H,12,13)/t10-/m1/s1. The molecule has 0 saturated heterocycles. The molecule has 7 heteroatoms. The first-order chi connectivity index (χ1) is 7.65. The van der Waals surface area contributed by atoms with E-state index in [4.69, 9.17) is 5.11 Å². The Balaban J connectivity index is 3.05. The summed E-state index contributed by atoms with van der Waals surface area (Å²) >= 11 is 0. The quantitative estimate of drug-likeness (QED) is 0.768. The molecular weight excluding hydrogens is 251 g/mol. The summed E-state index contributed by atoms with van der Waals surface area (Å²) < 4.78 is 36.0. The van der Waals surface area contributed by atoms with E-state index in [1.165, 1.54) is 0 Å². The van der Waals surface area contributed by atoms with Gasteiger partial charge in [-0.1, -0.05) is 0 Å². The summed E-state index contributed by atoms with van der Waals surface area (Å²) in [6.45, 7) is 0.885. The van der Waals surface area contributed by atoms with Crippen molar-refractivity contribution in [3.8, 4) is 0 Å². The average molecular weight is 262 g/mol. The van der Waals surface area contributed by atoms with Gasteiger partial charge >= 0.3 is 5.97 Å². The van der Waals surface area contributed by atoms with E-state index in [1.807, 2.05) is 0 Å². The molecule has 0 heterocycles. The first-order valence-corrected chi connectivity index (χ1v) is 6.24. The maximum atomic E-state index is 12.6. The molecular formula is C10H11FO5S. The summed E-state index contributed by atoms with van der Waals surface area (Å²) in [5, 5.41) is 18.0. The summed E-state index contributed by atoms with van der Waals surface area (Å²) in [6, 6.07) is 3.93. The first kappa shape index (κ1) is 13.6. The van der Waals surface area contributed by atoms with Crippen molar-refractivity contribution in [1.82, 2.24) is 0 Å². The molecule has 1 atom stereocenters. The van der Waals surface area contributed by atoms with Gasteiger partial charge in [0.25, 0.3) is 0 Å². The SMILES string of the molecule is C[C@@](O)(CS(=O)(=O)c1ccc(F)cc1)C(=O)O. The van der Waals surface area contributed by atoms with Gasteiger partial charge < -0.3 is 10.2 Å². The zero-order valence-corrected chi connectivity index (χ0v) is 9.74. The smallest absolute Gasteiger partial charge is 0.336 e. The number of halogens is 1. The number of rotatable bonds is 4. The molecule has 0 saturated carbocycles. The molecule has 17 heavy (non-hydrogen) atoms. The van der Waals surface area contributed by atoms with Gasteiger partial charge in [0, 0.05) is 0 Å². The Hall–Kier alpha value is -1.47. The van der Waals surface area contributed by atoms with E-state index in [0.717, 1.165) is 31.2 Å². The maximum Gasteiger partial charge on any atom is 0.336 e. The van der Waals surface area contributed by atoms with Crippen LogP contribution in [0.2, 0.25) is 0 Å². The predicted octanol–water partition coefficient (Wildman–Crippen LogP) is 0.435. The van der Waals surface area contributed by atoms with Gasteiger partial charge in [-0.25, -0.2) is 17.6 Å². The molecule has 5 nitrogen and oxygen atoms in total. The second kappa shape index (κ2) is 4.42. The molecule has 0 unspecified atom stereocenters. The fourth-order valence-electron chi connectivity index (χ4n) is 1.16. The molecule has 0 bridgehead atoms. The van der Waals surface area contributed by atoms with Gasteiger partial charge in [0.1, 0.15) is 5.82 Å². The number of hydrogen-bond acceptors (Lipinski definition) is 4. The monoisotopic (exact) mass is 262 g/mol. The van der Waals surface area contributed by atoms with Gasteiger partial charge in [-0.3, -0.25) is 0 Å². The highest BCUT2D eigenvalue weighted by atomic mass is 32.2. The number of benzene rings is 1. The van der Waals surface area contributed by atoms with Gasteiger partial charge in [0.2, 0.25) is 0 Å². The Bertz CT molecular complexity index is 518. The van der Waals surface area contributed by atoms with Crippen molar-refractivity contribution in [2.24, 2.45) is 0 Å². The number of aliphatic carboxylic acids is 1. The van der Waals surface area contributed by atoms with E-state index in [-0.39, 0.29) is 4.90 Å². The molecule has 0 radical (unpaired) electrons. The lowest BCUT2D eigenvalue weighted by atomic mass is 10.1. The van der Waals surface area contributed by atoms with Gasteiger partial charge in [-0.2, -0.15) is 0 Å². The molecule has 1 rings (SSSR count). The Morgan fingerprint density at radius 2 is 1.82 bits per heavy atom. The lowest BCUT2D eigenvalue weighted by Gasteiger charge is -2.17. The summed E-state index contributed by atoms with van der Waals surface area (Å²) in [5.41, 5.74) is -2.38. The number of sulfone groups is 1. The van der Waals surface area contributed by atoms with Gasteiger partial charge in [-0.05, 0) is 31.2 Å². The van der Waals surface area contributed by atoms with E-state index in [2.05, 4.69) is 0 Å². The van der Waals surface area contributed by atoms with Crippen LogP contribution in [0.1, 0.15) is 6.92 Å². The summed E-state index contributed by atoms with van der Waals surface area (Å²) in [7, 11) is -3.98. The minimum absolute atomic E-state index is 0.236. The van der Waals surface area contributed by atoms with Crippen LogP contribution in [-0.2, 0) is 14.6 Å². The average Bonchev–Trinajstić information content (AvgIpc) is 2.16. The van der Waals surface area contributed by atoms with Crippen molar-refractivity contribution in [2.45, 2.75) is 17.4 Å². The van der Waals surface area contributed by atoms with Crippen molar-refractivity contribution in [3.05, 3.63) is 30.1 Å². The highest BCUT2D eigenvalue weighted by Crippen LogP contribution is 2.17. The number of hydrogen-bond donors (Lipinski definition) is 2. The Morgan fingerprint density at radius 3 is 2.24 bits per heavy atom. The van der Waals surface area contributed by atoms with Crippen LogP contribution in [0.3, 0.4) is 0 Å². The Kier molecular flexibility index (Phi) is 3.53. The molecule has 0 aliphatic rings. The van der Waals surface area contributed by atoms with Crippen LogP contribution in [0.4, 0.5) is 4.39 Å². The topological polar surface area (TPSA) is 91.7 Å². The molecule has 0 aliphatic heterocycles. The fourth-order valence-corrected chi connectivity index (χ4v) is 2.74. The van der Waals surface area contributed by atoms with E-state index in [9.17, 15) is 22.7 Å². The third-order valence-corrected chi connectivity index (χ3v) is 4.04. The molecule has 0 aromatic heterocycles. The lowest BCUT2D eigenvalue weighted by molar-refractivity contribution is -0.154. The van der Waals surface area contributed by atoms with Crippen LogP contribution < -0.4 is 0 Å². The molecule has 94 valence electrons. The van der Waals surface area contributed by atoms with Gasteiger partial charge in [-0.15, -0.1) is 0 Å². The van der Waals surface area contributed by atoms with Crippen molar-refractivity contribution in [1.29, 1.82) is 0 Å². The fraction of sp³-hybridized carbons (Fsp3) is 0.300. The van der Waals surface area contributed by atoms with Crippen molar-refractivity contribution >= 4 is 15.8 Å². The Morgan fingerprint density at radius 1 is 1.35 bits per heavy atom. The van der Waals surface area contributed by atoms with Gasteiger partial charge in [0.15, 0.2) is 15.4 Å². The summed E-state index contributed by atoms with van der Waals surface area (Å²) in [6.07, 6.45) is 0. The minimum Gasteiger partial charge on any atom is -0.479 e.